The van der Waals surface area contributed by atoms with Crippen LogP contribution in [-0.4, -0.2) is 18.1 Å². The molecule has 2 aromatic carbocycles. The molecule has 4 nitrogen and oxygen atoms in total. The first kappa shape index (κ1) is 14.7. The number of halogens is 2. The van der Waals surface area contributed by atoms with Gasteiger partial charge in [0, 0.05) is 10.2 Å². The van der Waals surface area contributed by atoms with Gasteiger partial charge in [0.25, 0.3) is 5.91 Å². The maximum Gasteiger partial charge on any atom is 0.259 e. The van der Waals surface area contributed by atoms with Crippen LogP contribution in [0.5, 0.6) is 11.5 Å². The van der Waals surface area contributed by atoms with Gasteiger partial charge in [-0.2, -0.15) is 0 Å². The van der Waals surface area contributed by atoms with Crippen LogP contribution in [0, 0.1) is 0 Å². The summed E-state index contributed by atoms with van der Waals surface area (Å²) >= 11 is 9.19. The van der Waals surface area contributed by atoms with Crippen LogP contribution in [0.25, 0.3) is 0 Å². The summed E-state index contributed by atoms with van der Waals surface area (Å²) in [7, 11) is 1.51. The van der Waals surface area contributed by atoms with Crippen LogP contribution in [-0.2, 0) is 0 Å². The minimum absolute atomic E-state index is 0.100. The van der Waals surface area contributed by atoms with Crippen molar-refractivity contribution in [3.8, 4) is 11.5 Å². The van der Waals surface area contributed by atoms with Crippen molar-refractivity contribution < 1.29 is 14.6 Å². The molecular weight excluding hydrogens is 346 g/mol. The first-order chi connectivity index (χ1) is 9.51. The molecule has 0 heterocycles. The fraction of sp³-hybridized carbons (Fsp3) is 0.0714. The van der Waals surface area contributed by atoms with Crippen molar-refractivity contribution in [3.05, 3.63) is 51.5 Å². The number of amides is 1. The van der Waals surface area contributed by atoms with E-state index in [1.165, 1.54) is 19.2 Å². The molecule has 104 valence electrons. The highest BCUT2D eigenvalue weighted by molar-refractivity contribution is 9.10. The average Bonchev–Trinajstić information content (AvgIpc) is 2.38. The SMILES string of the molecule is COc1ccc(NC(=O)c2ccc(Br)cc2O)cc1Cl. The number of phenols is 1. The Morgan fingerprint density at radius 2 is 2.05 bits per heavy atom. The lowest BCUT2D eigenvalue weighted by Gasteiger charge is -2.09. The predicted molar refractivity (Wildman–Crippen MR) is 81.8 cm³/mol. The number of carbonyl (C=O) groups is 1. The monoisotopic (exact) mass is 355 g/mol. The average molecular weight is 357 g/mol. The van der Waals surface area contributed by atoms with Gasteiger partial charge in [-0.15, -0.1) is 0 Å². The van der Waals surface area contributed by atoms with Gasteiger partial charge in [0.15, 0.2) is 0 Å². The number of carbonyl (C=O) groups excluding carboxylic acids is 1. The number of benzene rings is 2. The fourth-order valence-corrected chi connectivity index (χ4v) is 2.25. The normalized spacial score (nSPS) is 10.2. The molecular formula is C14H11BrClNO3. The number of aromatic hydroxyl groups is 1. The molecule has 0 aliphatic carbocycles. The van der Waals surface area contributed by atoms with E-state index in [0.29, 0.717) is 20.9 Å². The second-order valence-corrected chi connectivity index (χ2v) is 5.29. The lowest BCUT2D eigenvalue weighted by molar-refractivity contribution is 0.102. The first-order valence-electron chi connectivity index (χ1n) is 5.64. The van der Waals surface area contributed by atoms with Crippen molar-refractivity contribution in [2.45, 2.75) is 0 Å². The standard InChI is InChI=1S/C14H11BrClNO3/c1-20-13-5-3-9(7-11(13)16)17-14(19)10-4-2-8(15)6-12(10)18/h2-7,18H,1H3,(H,17,19). The maximum atomic E-state index is 12.1. The second kappa shape index (κ2) is 6.15. The summed E-state index contributed by atoms with van der Waals surface area (Å²) in [6.45, 7) is 0. The number of ether oxygens (including phenoxy) is 1. The smallest absolute Gasteiger partial charge is 0.259 e. The summed E-state index contributed by atoms with van der Waals surface area (Å²) in [5, 5.41) is 12.8. The second-order valence-electron chi connectivity index (χ2n) is 3.96. The molecule has 0 fully saturated rings. The lowest BCUT2D eigenvalue weighted by Crippen LogP contribution is -2.12. The van der Waals surface area contributed by atoms with Gasteiger partial charge in [-0.25, -0.2) is 0 Å². The number of hydrogen-bond acceptors (Lipinski definition) is 3. The molecule has 0 aromatic heterocycles. The summed E-state index contributed by atoms with van der Waals surface area (Å²) in [5.74, 6) is 0.00358. The molecule has 1 amide bonds. The number of nitrogens with one attached hydrogen (secondary N) is 1. The van der Waals surface area contributed by atoms with E-state index in [4.69, 9.17) is 16.3 Å². The van der Waals surface area contributed by atoms with Crippen molar-refractivity contribution in [1.82, 2.24) is 0 Å². The van der Waals surface area contributed by atoms with Crippen molar-refractivity contribution >= 4 is 39.1 Å². The highest BCUT2D eigenvalue weighted by Crippen LogP contribution is 2.28. The van der Waals surface area contributed by atoms with Gasteiger partial charge in [0.2, 0.25) is 0 Å². The fourth-order valence-electron chi connectivity index (χ4n) is 1.64. The van der Waals surface area contributed by atoms with Crippen LogP contribution in [0.15, 0.2) is 40.9 Å². The van der Waals surface area contributed by atoms with Gasteiger partial charge in [-0.1, -0.05) is 27.5 Å². The Kier molecular flexibility index (Phi) is 4.52. The van der Waals surface area contributed by atoms with E-state index in [1.54, 1.807) is 24.3 Å². The highest BCUT2D eigenvalue weighted by Gasteiger charge is 2.12. The quantitative estimate of drug-likeness (QED) is 0.871. The van der Waals surface area contributed by atoms with Gasteiger partial charge in [0.05, 0.1) is 17.7 Å². The number of anilines is 1. The molecule has 2 N–H and O–H groups in total. The largest absolute Gasteiger partial charge is 0.507 e. The predicted octanol–water partition coefficient (Wildman–Crippen LogP) is 4.07. The Balaban J connectivity index is 2.21. The molecule has 0 saturated heterocycles. The van der Waals surface area contributed by atoms with Crippen LogP contribution < -0.4 is 10.1 Å². The molecule has 2 rings (SSSR count). The van der Waals surface area contributed by atoms with Crippen LogP contribution in [0.4, 0.5) is 5.69 Å². The molecule has 0 unspecified atom stereocenters. The van der Waals surface area contributed by atoms with E-state index in [0.717, 1.165) is 0 Å². The van der Waals surface area contributed by atoms with Crippen molar-refractivity contribution in [1.29, 1.82) is 0 Å². The zero-order chi connectivity index (χ0) is 14.7. The third-order valence-electron chi connectivity index (χ3n) is 2.61. The van der Waals surface area contributed by atoms with Gasteiger partial charge in [-0.05, 0) is 36.4 Å². The number of methoxy groups -OCH3 is 1. The van der Waals surface area contributed by atoms with Crippen LogP contribution in [0.3, 0.4) is 0 Å². The molecule has 0 spiro atoms. The van der Waals surface area contributed by atoms with Crippen LogP contribution in [0.1, 0.15) is 10.4 Å². The van der Waals surface area contributed by atoms with E-state index in [-0.39, 0.29) is 11.3 Å². The summed E-state index contributed by atoms with van der Waals surface area (Å²) in [4.78, 5) is 12.1. The van der Waals surface area contributed by atoms with Crippen molar-refractivity contribution in [2.24, 2.45) is 0 Å². The van der Waals surface area contributed by atoms with E-state index in [1.807, 2.05) is 0 Å². The summed E-state index contributed by atoms with van der Waals surface area (Å²) in [6.07, 6.45) is 0. The molecule has 6 heteroatoms. The lowest BCUT2D eigenvalue weighted by atomic mass is 10.2. The summed E-state index contributed by atoms with van der Waals surface area (Å²) in [5.41, 5.74) is 0.697. The van der Waals surface area contributed by atoms with Gasteiger partial charge in [0.1, 0.15) is 11.5 Å². The molecule has 0 atom stereocenters. The Morgan fingerprint density at radius 3 is 2.65 bits per heavy atom. The third kappa shape index (κ3) is 3.23. The number of rotatable bonds is 3. The van der Waals surface area contributed by atoms with E-state index >= 15 is 0 Å². The maximum absolute atomic E-state index is 12.1. The van der Waals surface area contributed by atoms with E-state index in [2.05, 4.69) is 21.2 Å². The Labute approximate surface area is 129 Å². The Hall–Kier alpha value is -1.72. The van der Waals surface area contributed by atoms with Crippen molar-refractivity contribution in [2.75, 3.05) is 12.4 Å². The van der Waals surface area contributed by atoms with Crippen LogP contribution >= 0.6 is 27.5 Å². The number of hydrogen-bond donors (Lipinski definition) is 2. The van der Waals surface area contributed by atoms with Crippen LogP contribution in [0.2, 0.25) is 5.02 Å². The Bertz CT molecular complexity index is 661. The molecule has 20 heavy (non-hydrogen) atoms. The minimum atomic E-state index is -0.420. The zero-order valence-corrected chi connectivity index (χ0v) is 12.8. The Morgan fingerprint density at radius 1 is 1.30 bits per heavy atom. The van der Waals surface area contributed by atoms with Crippen molar-refractivity contribution in [3.63, 3.8) is 0 Å². The van der Waals surface area contributed by atoms with Gasteiger partial charge in [-0.3, -0.25) is 4.79 Å². The summed E-state index contributed by atoms with van der Waals surface area (Å²) in [6, 6.07) is 9.55. The minimum Gasteiger partial charge on any atom is -0.507 e. The number of phenolic OH excluding ortho intramolecular Hbond substituents is 1. The first-order valence-corrected chi connectivity index (χ1v) is 6.82. The molecule has 2 aromatic rings. The molecule has 0 radical (unpaired) electrons. The van der Waals surface area contributed by atoms with E-state index < -0.39 is 5.91 Å². The van der Waals surface area contributed by atoms with Gasteiger partial charge >= 0.3 is 0 Å². The zero-order valence-electron chi connectivity index (χ0n) is 10.5. The third-order valence-corrected chi connectivity index (χ3v) is 3.40. The van der Waals surface area contributed by atoms with Gasteiger partial charge < -0.3 is 15.2 Å². The highest BCUT2D eigenvalue weighted by atomic mass is 79.9. The molecule has 0 aliphatic rings. The molecule has 0 saturated carbocycles. The molecule has 0 aliphatic heterocycles. The molecule has 0 bridgehead atoms. The topological polar surface area (TPSA) is 58.6 Å². The summed E-state index contributed by atoms with van der Waals surface area (Å²) < 4.78 is 5.73. The van der Waals surface area contributed by atoms with E-state index in [9.17, 15) is 9.90 Å².